The van der Waals surface area contributed by atoms with Crippen LogP contribution in [0.1, 0.15) is 27.3 Å². The number of carbonyl (C=O) groups is 1. The second-order valence-electron chi connectivity index (χ2n) is 6.80. The van der Waals surface area contributed by atoms with E-state index >= 15 is 0 Å². The third-order valence-electron chi connectivity index (χ3n) is 4.94. The van der Waals surface area contributed by atoms with Crippen molar-refractivity contribution in [3.05, 3.63) is 65.1 Å². The number of amides is 1. The average molecular weight is 393 g/mol. The van der Waals surface area contributed by atoms with Crippen molar-refractivity contribution in [3.63, 3.8) is 0 Å². The lowest BCUT2D eigenvalue weighted by molar-refractivity contribution is 0.0950. The van der Waals surface area contributed by atoms with Gasteiger partial charge >= 0.3 is 0 Å². The summed E-state index contributed by atoms with van der Waals surface area (Å²) >= 11 is 0. The van der Waals surface area contributed by atoms with Gasteiger partial charge in [-0.05, 0) is 38.1 Å². The summed E-state index contributed by atoms with van der Waals surface area (Å²) in [5.41, 5.74) is 4.19. The summed E-state index contributed by atoms with van der Waals surface area (Å²) in [7, 11) is 1.56. The van der Waals surface area contributed by atoms with Crippen molar-refractivity contribution in [1.82, 2.24) is 14.9 Å². The SMILES string of the molecule is COc1ncccc1CNC(=O)c1cc(C)n(-c2ccc3c(c2)OCCO3)c1C. The van der Waals surface area contributed by atoms with E-state index in [9.17, 15) is 4.79 Å². The van der Waals surface area contributed by atoms with Gasteiger partial charge in [-0.1, -0.05) is 6.07 Å². The zero-order valence-electron chi connectivity index (χ0n) is 16.7. The minimum Gasteiger partial charge on any atom is -0.486 e. The van der Waals surface area contributed by atoms with Gasteiger partial charge in [-0.25, -0.2) is 4.98 Å². The van der Waals surface area contributed by atoms with Crippen molar-refractivity contribution < 1.29 is 19.0 Å². The molecule has 3 aromatic rings. The fourth-order valence-corrected chi connectivity index (χ4v) is 3.57. The van der Waals surface area contributed by atoms with E-state index < -0.39 is 0 Å². The molecule has 0 radical (unpaired) electrons. The zero-order chi connectivity index (χ0) is 20.4. The number of pyridine rings is 1. The molecule has 0 saturated heterocycles. The van der Waals surface area contributed by atoms with Crippen LogP contribution in [-0.2, 0) is 6.54 Å². The van der Waals surface area contributed by atoms with Crippen molar-refractivity contribution >= 4 is 5.91 Å². The summed E-state index contributed by atoms with van der Waals surface area (Å²) in [5.74, 6) is 1.82. The van der Waals surface area contributed by atoms with Crippen molar-refractivity contribution in [2.24, 2.45) is 0 Å². The Morgan fingerprint density at radius 1 is 1.17 bits per heavy atom. The molecule has 0 atom stereocenters. The van der Waals surface area contributed by atoms with Crippen molar-refractivity contribution in [3.8, 4) is 23.1 Å². The van der Waals surface area contributed by atoms with Gasteiger partial charge in [0.05, 0.1) is 12.7 Å². The normalized spacial score (nSPS) is 12.5. The second-order valence-corrected chi connectivity index (χ2v) is 6.80. The molecular weight excluding hydrogens is 370 g/mol. The highest BCUT2D eigenvalue weighted by Crippen LogP contribution is 2.33. The number of nitrogens with one attached hydrogen (secondary N) is 1. The lowest BCUT2D eigenvalue weighted by atomic mass is 10.2. The number of hydrogen-bond acceptors (Lipinski definition) is 5. The van der Waals surface area contributed by atoms with E-state index in [1.54, 1.807) is 13.3 Å². The number of fused-ring (bicyclic) bond motifs is 1. The molecule has 29 heavy (non-hydrogen) atoms. The maximum Gasteiger partial charge on any atom is 0.253 e. The van der Waals surface area contributed by atoms with Gasteiger partial charge in [0.15, 0.2) is 11.5 Å². The fraction of sp³-hybridized carbons (Fsp3) is 0.273. The lowest BCUT2D eigenvalue weighted by Gasteiger charge is -2.20. The Balaban J connectivity index is 1.57. The molecule has 150 valence electrons. The molecule has 0 aliphatic carbocycles. The van der Waals surface area contributed by atoms with Gasteiger partial charge in [-0.15, -0.1) is 0 Å². The van der Waals surface area contributed by atoms with E-state index in [2.05, 4.69) is 10.3 Å². The number of aryl methyl sites for hydroxylation is 1. The molecule has 7 heteroatoms. The van der Waals surface area contributed by atoms with E-state index in [-0.39, 0.29) is 5.91 Å². The molecule has 1 aromatic carbocycles. The number of aromatic nitrogens is 2. The predicted molar refractivity (Wildman–Crippen MR) is 108 cm³/mol. The van der Waals surface area contributed by atoms with Crippen LogP contribution in [0, 0.1) is 13.8 Å². The Kier molecular flexibility index (Phi) is 5.12. The third-order valence-corrected chi connectivity index (χ3v) is 4.94. The first-order valence-electron chi connectivity index (χ1n) is 9.43. The Morgan fingerprint density at radius 2 is 1.97 bits per heavy atom. The quantitative estimate of drug-likeness (QED) is 0.721. The van der Waals surface area contributed by atoms with Gasteiger partial charge < -0.3 is 24.1 Å². The predicted octanol–water partition coefficient (Wildman–Crippen LogP) is 3.20. The molecule has 0 bridgehead atoms. The lowest BCUT2D eigenvalue weighted by Crippen LogP contribution is -2.23. The molecule has 1 aliphatic heterocycles. The van der Waals surface area contributed by atoms with E-state index in [1.807, 2.05) is 54.8 Å². The fourth-order valence-electron chi connectivity index (χ4n) is 3.57. The van der Waals surface area contributed by atoms with Gasteiger partial charge in [0, 0.05) is 41.4 Å². The number of nitrogens with zero attached hydrogens (tertiary/aromatic N) is 2. The summed E-state index contributed by atoms with van der Waals surface area (Å²) in [6.45, 7) is 5.34. The Morgan fingerprint density at radius 3 is 2.76 bits per heavy atom. The van der Waals surface area contributed by atoms with Gasteiger partial charge in [0.1, 0.15) is 13.2 Å². The molecule has 1 N–H and O–H groups in total. The zero-order valence-corrected chi connectivity index (χ0v) is 16.7. The standard InChI is InChI=1S/C22H23N3O4/c1-14-11-18(21(26)24-13-16-5-4-8-23-22(16)27-3)15(2)25(14)17-6-7-19-20(12-17)29-10-9-28-19/h4-8,11-12H,9-10,13H2,1-3H3,(H,24,26). The summed E-state index contributed by atoms with van der Waals surface area (Å²) in [6.07, 6.45) is 1.66. The molecule has 3 heterocycles. The Hall–Kier alpha value is -3.48. The smallest absolute Gasteiger partial charge is 0.253 e. The van der Waals surface area contributed by atoms with Crippen LogP contribution in [0.2, 0.25) is 0 Å². The first-order chi connectivity index (χ1) is 14.1. The van der Waals surface area contributed by atoms with E-state index in [1.165, 1.54) is 0 Å². The monoisotopic (exact) mass is 393 g/mol. The highest BCUT2D eigenvalue weighted by molar-refractivity contribution is 5.95. The second kappa shape index (κ2) is 7.87. The van der Waals surface area contributed by atoms with Gasteiger partial charge in [0.25, 0.3) is 5.91 Å². The third kappa shape index (κ3) is 3.63. The molecule has 1 amide bonds. The Bertz CT molecular complexity index is 1060. The summed E-state index contributed by atoms with van der Waals surface area (Å²) in [4.78, 5) is 17.0. The van der Waals surface area contributed by atoms with Crippen molar-refractivity contribution in [1.29, 1.82) is 0 Å². The highest BCUT2D eigenvalue weighted by Gasteiger charge is 2.19. The number of methoxy groups -OCH3 is 1. The van der Waals surface area contributed by atoms with Crippen molar-refractivity contribution in [2.45, 2.75) is 20.4 Å². The van der Waals surface area contributed by atoms with Crippen LogP contribution >= 0.6 is 0 Å². The molecular formula is C22H23N3O4. The minimum atomic E-state index is -0.146. The van der Waals surface area contributed by atoms with Crippen LogP contribution in [-0.4, -0.2) is 35.8 Å². The number of ether oxygens (including phenoxy) is 3. The molecule has 0 unspecified atom stereocenters. The number of benzene rings is 1. The van der Waals surface area contributed by atoms with Gasteiger partial charge in [0.2, 0.25) is 5.88 Å². The first-order valence-corrected chi connectivity index (χ1v) is 9.43. The average Bonchev–Trinajstić information content (AvgIpc) is 3.05. The molecule has 2 aromatic heterocycles. The van der Waals surface area contributed by atoms with Crippen LogP contribution in [0.5, 0.6) is 17.4 Å². The van der Waals surface area contributed by atoms with E-state index in [0.29, 0.717) is 31.2 Å². The first kappa shape index (κ1) is 18.9. The topological polar surface area (TPSA) is 74.6 Å². The largest absolute Gasteiger partial charge is 0.486 e. The van der Waals surface area contributed by atoms with Crippen LogP contribution in [0.25, 0.3) is 5.69 Å². The number of carbonyl (C=O) groups excluding carboxylic acids is 1. The van der Waals surface area contributed by atoms with Gasteiger partial charge in [-0.3, -0.25) is 4.79 Å². The van der Waals surface area contributed by atoms with E-state index in [0.717, 1.165) is 34.1 Å². The van der Waals surface area contributed by atoms with Crippen LogP contribution in [0.3, 0.4) is 0 Å². The maximum atomic E-state index is 12.8. The number of hydrogen-bond donors (Lipinski definition) is 1. The van der Waals surface area contributed by atoms with Crippen LogP contribution in [0.4, 0.5) is 0 Å². The summed E-state index contributed by atoms with van der Waals surface area (Å²) < 4.78 is 18.6. The van der Waals surface area contributed by atoms with E-state index in [4.69, 9.17) is 14.2 Å². The molecule has 7 nitrogen and oxygen atoms in total. The Labute approximate surface area is 169 Å². The van der Waals surface area contributed by atoms with Gasteiger partial charge in [-0.2, -0.15) is 0 Å². The molecule has 1 aliphatic rings. The highest BCUT2D eigenvalue weighted by atomic mass is 16.6. The molecule has 0 saturated carbocycles. The maximum absolute atomic E-state index is 12.8. The summed E-state index contributed by atoms with van der Waals surface area (Å²) in [6, 6.07) is 11.4. The number of rotatable bonds is 5. The van der Waals surface area contributed by atoms with Crippen molar-refractivity contribution in [2.75, 3.05) is 20.3 Å². The van der Waals surface area contributed by atoms with Crippen LogP contribution in [0.15, 0.2) is 42.6 Å². The summed E-state index contributed by atoms with van der Waals surface area (Å²) in [5, 5.41) is 2.96. The molecule has 4 rings (SSSR count). The molecule has 0 fully saturated rings. The molecule has 0 spiro atoms. The minimum absolute atomic E-state index is 0.146. The van der Waals surface area contributed by atoms with Crippen LogP contribution < -0.4 is 19.5 Å².